The first-order chi connectivity index (χ1) is 11.5. The molecule has 2 rings (SSSR count). The maximum absolute atomic E-state index is 10.0. The zero-order valence-corrected chi connectivity index (χ0v) is 14.1. The number of nitrogens with one attached hydrogen (secondary N) is 1. The predicted octanol–water partition coefficient (Wildman–Crippen LogP) is 2.80. The van der Waals surface area contributed by atoms with Crippen LogP contribution in [0.3, 0.4) is 0 Å². The van der Waals surface area contributed by atoms with Crippen LogP contribution in [0.1, 0.15) is 19.4 Å². The van der Waals surface area contributed by atoms with Crippen molar-refractivity contribution in [2.24, 2.45) is 10.7 Å². The number of nitrogens with two attached hydrogens (primary N) is 1. The fraction of sp³-hybridized carbons (Fsp3) is 0.316. The summed E-state index contributed by atoms with van der Waals surface area (Å²) in [6, 6.07) is 17.3. The van der Waals surface area contributed by atoms with Gasteiger partial charge in [-0.05, 0) is 43.7 Å². The summed E-state index contributed by atoms with van der Waals surface area (Å²) < 4.78 is 5.59. The van der Waals surface area contributed by atoms with Crippen molar-refractivity contribution in [2.75, 3.05) is 11.9 Å². The minimum atomic E-state index is -0.561. The molecule has 0 bridgehead atoms. The highest BCUT2D eigenvalue weighted by Gasteiger charge is 2.05. The standard InChI is InChI=1S/C19H25N3O2/c1-14(2)24-18-10-8-16(9-11-18)22-19(20)21-13-17(23)12-15-6-4-3-5-7-15/h3-11,14,17,23H,12-13H2,1-2H3,(H3,20,21,22). The lowest BCUT2D eigenvalue weighted by Crippen LogP contribution is -2.25. The number of benzene rings is 2. The van der Waals surface area contributed by atoms with Crippen LogP contribution < -0.4 is 15.8 Å². The average molecular weight is 327 g/mol. The molecular weight excluding hydrogens is 302 g/mol. The maximum Gasteiger partial charge on any atom is 0.193 e. The van der Waals surface area contributed by atoms with Crippen molar-refractivity contribution in [1.29, 1.82) is 0 Å². The Morgan fingerprint density at radius 1 is 1.12 bits per heavy atom. The Kier molecular flexibility index (Phi) is 6.63. The van der Waals surface area contributed by atoms with Crippen molar-refractivity contribution < 1.29 is 9.84 Å². The van der Waals surface area contributed by atoms with Gasteiger partial charge < -0.3 is 20.9 Å². The number of aliphatic imine (C=N–C) groups is 1. The summed E-state index contributed by atoms with van der Waals surface area (Å²) in [5.74, 6) is 1.09. The molecule has 5 nitrogen and oxygen atoms in total. The Bertz CT molecular complexity index is 639. The topological polar surface area (TPSA) is 79.9 Å². The molecule has 2 aromatic carbocycles. The third-order valence-corrected chi connectivity index (χ3v) is 3.29. The molecule has 5 heteroatoms. The van der Waals surface area contributed by atoms with Crippen LogP contribution in [0.25, 0.3) is 0 Å². The smallest absolute Gasteiger partial charge is 0.193 e. The van der Waals surface area contributed by atoms with Crippen LogP contribution in [0.15, 0.2) is 59.6 Å². The second-order valence-corrected chi connectivity index (χ2v) is 5.89. The third kappa shape index (κ3) is 6.30. The Hall–Kier alpha value is -2.53. The Morgan fingerprint density at radius 3 is 2.42 bits per heavy atom. The van der Waals surface area contributed by atoms with Gasteiger partial charge in [-0.2, -0.15) is 0 Å². The van der Waals surface area contributed by atoms with Crippen molar-refractivity contribution in [1.82, 2.24) is 0 Å². The molecule has 0 aromatic heterocycles. The molecular formula is C19H25N3O2. The zero-order chi connectivity index (χ0) is 17.4. The molecule has 0 aliphatic carbocycles. The van der Waals surface area contributed by atoms with Gasteiger partial charge in [0.1, 0.15) is 5.75 Å². The second kappa shape index (κ2) is 8.93. The summed E-state index contributed by atoms with van der Waals surface area (Å²) in [6.07, 6.45) is 0.134. The molecule has 4 N–H and O–H groups in total. The van der Waals surface area contributed by atoms with Crippen molar-refractivity contribution in [3.05, 3.63) is 60.2 Å². The normalized spacial score (nSPS) is 12.9. The molecule has 0 amide bonds. The molecule has 0 heterocycles. The minimum absolute atomic E-state index is 0.140. The van der Waals surface area contributed by atoms with Crippen LogP contribution in [0, 0.1) is 0 Å². The molecule has 2 aromatic rings. The Balaban J connectivity index is 1.82. The molecule has 128 valence electrons. The van der Waals surface area contributed by atoms with Crippen LogP contribution in [0.4, 0.5) is 5.69 Å². The van der Waals surface area contributed by atoms with Gasteiger partial charge in [-0.3, -0.25) is 4.99 Å². The van der Waals surface area contributed by atoms with Gasteiger partial charge in [0.05, 0.1) is 18.8 Å². The minimum Gasteiger partial charge on any atom is -0.491 e. The van der Waals surface area contributed by atoms with E-state index in [0.29, 0.717) is 6.42 Å². The van der Waals surface area contributed by atoms with Gasteiger partial charge in [0.25, 0.3) is 0 Å². The summed E-state index contributed by atoms with van der Waals surface area (Å²) in [5.41, 5.74) is 7.76. The molecule has 0 aliphatic rings. The van der Waals surface area contributed by atoms with Gasteiger partial charge in [-0.1, -0.05) is 30.3 Å². The van der Waals surface area contributed by atoms with E-state index in [1.807, 2.05) is 68.4 Å². The summed E-state index contributed by atoms with van der Waals surface area (Å²) in [4.78, 5) is 4.19. The Labute approximate surface area is 143 Å². The number of hydrogen-bond donors (Lipinski definition) is 3. The number of ether oxygens (including phenoxy) is 1. The lowest BCUT2D eigenvalue weighted by molar-refractivity contribution is 0.184. The lowest BCUT2D eigenvalue weighted by atomic mass is 10.1. The van der Waals surface area contributed by atoms with E-state index in [1.165, 1.54) is 0 Å². The summed E-state index contributed by atoms with van der Waals surface area (Å²) >= 11 is 0. The summed E-state index contributed by atoms with van der Waals surface area (Å²) in [5, 5.41) is 13.0. The number of guanidine groups is 1. The molecule has 0 fully saturated rings. The molecule has 1 unspecified atom stereocenters. The van der Waals surface area contributed by atoms with E-state index in [9.17, 15) is 5.11 Å². The van der Waals surface area contributed by atoms with E-state index >= 15 is 0 Å². The molecule has 1 atom stereocenters. The third-order valence-electron chi connectivity index (χ3n) is 3.29. The van der Waals surface area contributed by atoms with E-state index in [1.54, 1.807) is 0 Å². The van der Waals surface area contributed by atoms with Gasteiger partial charge in [0.2, 0.25) is 0 Å². The molecule has 24 heavy (non-hydrogen) atoms. The average Bonchev–Trinajstić information content (AvgIpc) is 2.55. The lowest BCUT2D eigenvalue weighted by Gasteiger charge is -2.11. The van der Waals surface area contributed by atoms with E-state index in [0.717, 1.165) is 17.0 Å². The highest BCUT2D eigenvalue weighted by atomic mass is 16.5. The molecule has 0 aliphatic heterocycles. The first-order valence-electron chi connectivity index (χ1n) is 8.08. The SMILES string of the molecule is CC(C)Oc1ccc(NC(N)=NCC(O)Cc2ccccc2)cc1. The second-order valence-electron chi connectivity index (χ2n) is 5.89. The monoisotopic (exact) mass is 327 g/mol. The summed E-state index contributed by atoms with van der Waals surface area (Å²) in [6.45, 7) is 4.22. The van der Waals surface area contributed by atoms with E-state index in [-0.39, 0.29) is 18.6 Å². The zero-order valence-electron chi connectivity index (χ0n) is 14.1. The molecule has 0 saturated heterocycles. The molecule has 0 radical (unpaired) electrons. The van der Waals surface area contributed by atoms with Crippen LogP contribution in [-0.4, -0.2) is 29.8 Å². The number of aliphatic hydroxyl groups is 1. The highest BCUT2D eigenvalue weighted by Crippen LogP contribution is 2.16. The number of hydrogen-bond acceptors (Lipinski definition) is 3. The van der Waals surface area contributed by atoms with Crippen molar-refractivity contribution in [3.63, 3.8) is 0 Å². The van der Waals surface area contributed by atoms with Crippen LogP contribution in [0.2, 0.25) is 0 Å². The van der Waals surface area contributed by atoms with E-state index < -0.39 is 6.10 Å². The van der Waals surface area contributed by atoms with Gasteiger partial charge in [-0.25, -0.2) is 0 Å². The van der Waals surface area contributed by atoms with Crippen LogP contribution in [0.5, 0.6) is 5.75 Å². The fourth-order valence-electron chi connectivity index (χ4n) is 2.23. The van der Waals surface area contributed by atoms with Crippen LogP contribution >= 0.6 is 0 Å². The molecule has 0 spiro atoms. The number of rotatable bonds is 7. The molecule has 0 saturated carbocycles. The highest BCUT2D eigenvalue weighted by molar-refractivity contribution is 5.92. The van der Waals surface area contributed by atoms with Crippen LogP contribution in [-0.2, 0) is 6.42 Å². The van der Waals surface area contributed by atoms with Crippen molar-refractivity contribution in [3.8, 4) is 5.75 Å². The number of anilines is 1. The van der Waals surface area contributed by atoms with Crippen molar-refractivity contribution in [2.45, 2.75) is 32.5 Å². The van der Waals surface area contributed by atoms with Gasteiger partial charge in [-0.15, -0.1) is 0 Å². The maximum atomic E-state index is 10.0. The van der Waals surface area contributed by atoms with E-state index in [2.05, 4.69) is 10.3 Å². The Morgan fingerprint density at radius 2 is 1.79 bits per heavy atom. The predicted molar refractivity (Wildman–Crippen MR) is 98.5 cm³/mol. The quantitative estimate of drug-likeness (QED) is 0.540. The number of nitrogens with zero attached hydrogens (tertiary/aromatic N) is 1. The largest absolute Gasteiger partial charge is 0.491 e. The van der Waals surface area contributed by atoms with Gasteiger partial charge in [0, 0.05) is 12.1 Å². The first-order valence-corrected chi connectivity index (χ1v) is 8.08. The van der Waals surface area contributed by atoms with Crippen molar-refractivity contribution >= 4 is 11.6 Å². The fourth-order valence-corrected chi connectivity index (χ4v) is 2.23. The number of aliphatic hydroxyl groups excluding tert-OH is 1. The van der Waals surface area contributed by atoms with E-state index in [4.69, 9.17) is 10.5 Å². The first kappa shape index (κ1) is 17.8. The summed E-state index contributed by atoms with van der Waals surface area (Å²) in [7, 11) is 0. The van der Waals surface area contributed by atoms with Gasteiger partial charge >= 0.3 is 0 Å². The van der Waals surface area contributed by atoms with Gasteiger partial charge in [0.15, 0.2) is 5.96 Å².